The van der Waals surface area contributed by atoms with E-state index in [1.165, 1.54) is 0 Å². The average molecular weight is 385 g/mol. The molecule has 0 radical (unpaired) electrons. The van der Waals surface area contributed by atoms with Gasteiger partial charge in [-0.05, 0) is 36.2 Å². The molecular formula is C20H21ClN4O2. The monoisotopic (exact) mass is 384 g/mol. The van der Waals surface area contributed by atoms with Gasteiger partial charge >= 0.3 is 0 Å². The van der Waals surface area contributed by atoms with Gasteiger partial charge < -0.3 is 10.3 Å². The van der Waals surface area contributed by atoms with Gasteiger partial charge in [0.1, 0.15) is 6.04 Å². The van der Waals surface area contributed by atoms with Crippen LogP contribution in [0.5, 0.6) is 0 Å². The number of nitrogens with one attached hydrogen (secondary N) is 3. The Morgan fingerprint density at radius 3 is 2.67 bits per heavy atom. The van der Waals surface area contributed by atoms with Crippen molar-refractivity contribution in [2.75, 3.05) is 5.32 Å². The van der Waals surface area contributed by atoms with Gasteiger partial charge in [-0.2, -0.15) is 0 Å². The Hall–Kier alpha value is -2.86. The number of rotatable bonds is 6. The van der Waals surface area contributed by atoms with Crippen molar-refractivity contribution in [3.05, 3.63) is 59.1 Å². The number of fused-ring (bicyclic) bond motifs is 1. The van der Waals surface area contributed by atoms with E-state index < -0.39 is 6.04 Å². The first-order chi connectivity index (χ1) is 13.0. The van der Waals surface area contributed by atoms with Crippen molar-refractivity contribution in [2.24, 2.45) is 5.92 Å². The van der Waals surface area contributed by atoms with Crippen LogP contribution in [0.25, 0.3) is 11.0 Å². The number of amides is 2. The molecule has 0 saturated carbocycles. The second-order valence-corrected chi connectivity index (χ2v) is 6.88. The van der Waals surface area contributed by atoms with Gasteiger partial charge in [0.05, 0.1) is 11.0 Å². The first kappa shape index (κ1) is 18.9. The fourth-order valence-corrected chi connectivity index (χ4v) is 2.95. The molecule has 0 aliphatic carbocycles. The lowest BCUT2D eigenvalue weighted by Crippen LogP contribution is -2.47. The number of carbonyl (C=O) groups excluding carboxylic acids is 2. The molecular weight excluding hydrogens is 364 g/mol. The van der Waals surface area contributed by atoms with Crippen LogP contribution in [0.1, 0.15) is 30.6 Å². The van der Waals surface area contributed by atoms with Crippen LogP contribution < -0.4 is 10.6 Å². The van der Waals surface area contributed by atoms with Crippen LogP contribution in [0, 0.1) is 5.92 Å². The maximum absolute atomic E-state index is 12.8. The molecule has 0 spiro atoms. The predicted molar refractivity (Wildman–Crippen MR) is 107 cm³/mol. The lowest BCUT2D eigenvalue weighted by Gasteiger charge is -2.23. The number of hydrogen-bond acceptors (Lipinski definition) is 3. The fraction of sp³-hybridized carbons (Fsp3) is 0.250. The van der Waals surface area contributed by atoms with E-state index in [1.54, 1.807) is 24.3 Å². The van der Waals surface area contributed by atoms with Crippen LogP contribution in [0.15, 0.2) is 48.5 Å². The molecule has 2 atom stereocenters. The molecule has 7 heteroatoms. The number of hydrogen-bond donors (Lipinski definition) is 3. The van der Waals surface area contributed by atoms with Crippen LogP contribution in [-0.2, 0) is 4.79 Å². The summed E-state index contributed by atoms with van der Waals surface area (Å²) in [4.78, 5) is 32.8. The maximum Gasteiger partial charge on any atom is 0.251 e. The third-order valence-corrected chi connectivity index (χ3v) is 4.73. The molecule has 3 rings (SSSR count). The van der Waals surface area contributed by atoms with E-state index in [9.17, 15) is 9.59 Å². The van der Waals surface area contributed by atoms with Gasteiger partial charge in [0.25, 0.3) is 5.91 Å². The fourth-order valence-electron chi connectivity index (χ4n) is 2.76. The van der Waals surface area contributed by atoms with Crippen molar-refractivity contribution < 1.29 is 9.59 Å². The Bertz CT molecular complexity index is 936. The molecule has 0 aliphatic heterocycles. The molecule has 3 N–H and O–H groups in total. The summed E-state index contributed by atoms with van der Waals surface area (Å²) in [7, 11) is 0. The Balaban J connectivity index is 1.77. The Morgan fingerprint density at radius 1 is 1.19 bits per heavy atom. The van der Waals surface area contributed by atoms with E-state index in [0.717, 1.165) is 17.5 Å². The number of carbonyl (C=O) groups is 2. The van der Waals surface area contributed by atoms with Gasteiger partial charge in [0.15, 0.2) is 0 Å². The molecule has 2 amide bonds. The summed E-state index contributed by atoms with van der Waals surface area (Å²) in [5.74, 6) is -0.370. The number of para-hydroxylation sites is 2. The minimum atomic E-state index is -0.699. The zero-order chi connectivity index (χ0) is 19.4. The van der Waals surface area contributed by atoms with Crippen LogP contribution in [0.4, 0.5) is 5.95 Å². The normalized spacial score (nSPS) is 13.1. The molecule has 0 aliphatic rings. The Kier molecular flexibility index (Phi) is 5.76. The molecule has 3 aromatic rings. The van der Waals surface area contributed by atoms with Crippen molar-refractivity contribution >= 4 is 40.4 Å². The molecule has 1 aromatic heterocycles. The molecule has 1 heterocycles. The number of benzene rings is 2. The summed E-state index contributed by atoms with van der Waals surface area (Å²) in [5.41, 5.74) is 2.00. The Morgan fingerprint density at radius 2 is 1.96 bits per heavy atom. The summed E-state index contributed by atoms with van der Waals surface area (Å²) in [6, 6.07) is 13.4. The van der Waals surface area contributed by atoms with Gasteiger partial charge in [0.2, 0.25) is 11.9 Å². The summed E-state index contributed by atoms with van der Waals surface area (Å²) in [6.07, 6.45) is 0.730. The maximum atomic E-state index is 12.8. The van der Waals surface area contributed by atoms with Crippen molar-refractivity contribution in [2.45, 2.75) is 26.3 Å². The number of anilines is 1. The molecule has 0 bridgehead atoms. The van der Waals surface area contributed by atoms with Gasteiger partial charge in [-0.3, -0.25) is 14.9 Å². The first-order valence-electron chi connectivity index (χ1n) is 8.80. The molecule has 27 heavy (non-hydrogen) atoms. The molecule has 0 fully saturated rings. The van der Waals surface area contributed by atoms with Gasteiger partial charge in [-0.25, -0.2) is 4.98 Å². The highest BCUT2D eigenvalue weighted by Gasteiger charge is 2.27. The second-order valence-electron chi connectivity index (χ2n) is 6.44. The third kappa shape index (κ3) is 4.46. The van der Waals surface area contributed by atoms with E-state index in [0.29, 0.717) is 16.5 Å². The van der Waals surface area contributed by atoms with Crippen molar-refractivity contribution in [1.82, 2.24) is 15.3 Å². The first-order valence-corrected chi connectivity index (χ1v) is 9.17. The van der Waals surface area contributed by atoms with Crippen LogP contribution in [0.3, 0.4) is 0 Å². The molecule has 0 saturated heterocycles. The highest BCUT2D eigenvalue weighted by atomic mass is 35.5. The number of aromatic amines is 1. The molecule has 140 valence electrons. The molecule has 0 unspecified atom stereocenters. The van der Waals surface area contributed by atoms with E-state index >= 15 is 0 Å². The summed E-state index contributed by atoms with van der Waals surface area (Å²) in [6.45, 7) is 3.89. The van der Waals surface area contributed by atoms with Crippen molar-refractivity contribution in [3.8, 4) is 0 Å². The number of halogens is 1. The van der Waals surface area contributed by atoms with Crippen molar-refractivity contribution in [3.63, 3.8) is 0 Å². The highest BCUT2D eigenvalue weighted by molar-refractivity contribution is 6.31. The van der Waals surface area contributed by atoms with Gasteiger partial charge in [-0.15, -0.1) is 0 Å². The third-order valence-electron chi connectivity index (χ3n) is 4.50. The SMILES string of the molecule is CC[C@@H](C)[C@@H](NC(=O)c1cccc(Cl)c1)C(=O)Nc1nc2ccccc2[nH]1. The van der Waals surface area contributed by atoms with Gasteiger partial charge in [-0.1, -0.05) is 50.1 Å². The quantitative estimate of drug-likeness (QED) is 0.600. The van der Waals surface area contributed by atoms with Crippen LogP contribution in [-0.4, -0.2) is 27.8 Å². The number of aromatic nitrogens is 2. The second kappa shape index (κ2) is 8.22. The van der Waals surface area contributed by atoms with Crippen LogP contribution in [0.2, 0.25) is 5.02 Å². The zero-order valence-corrected chi connectivity index (χ0v) is 15.9. The number of imidazole rings is 1. The minimum absolute atomic E-state index is 0.0579. The molecule has 6 nitrogen and oxygen atoms in total. The lowest BCUT2D eigenvalue weighted by atomic mass is 9.98. The summed E-state index contributed by atoms with van der Waals surface area (Å²) < 4.78 is 0. The number of H-pyrrole nitrogens is 1. The van der Waals surface area contributed by atoms with Crippen LogP contribution >= 0.6 is 11.6 Å². The largest absolute Gasteiger partial charge is 0.340 e. The highest BCUT2D eigenvalue weighted by Crippen LogP contribution is 2.16. The standard InChI is InChI=1S/C20H21ClN4O2/c1-3-12(2)17(24-18(26)13-7-6-8-14(21)11-13)19(27)25-20-22-15-9-4-5-10-16(15)23-20/h4-12,17H,3H2,1-2H3,(H,24,26)(H2,22,23,25,27)/t12-,17-/m1/s1. The smallest absolute Gasteiger partial charge is 0.251 e. The predicted octanol–water partition coefficient (Wildman–Crippen LogP) is 4.00. The minimum Gasteiger partial charge on any atom is -0.340 e. The van der Waals surface area contributed by atoms with E-state index in [1.807, 2.05) is 38.1 Å². The Labute approximate surface area is 162 Å². The average Bonchev–Trinajstić information content (AvgIpc) is 3.07. The molecule has 2 aromatic carbocycles. The lowest BCUT2D eigenvalue weighted by molar-refractivity contribution is -0.119. The zero-order valence-electron chi connectivity index (χ0n) is 15.1. The van der Waals surface area contributed by atoms with Gasteiger partial charge in [0, 0.05) is 10.6 Å². The number of nitrogens with zero attached hydrogens (tertiary/aromatic N) is 1. The topological polar surface area (TPSA) is 86.9 Å². The van der Waals surface area contributed by atoms with Crippen molar-refractivity contribution in [1.29, 1.82) is 0 Å². The summed E-state index contributed by atoms with van der Waals surface area (Å²) >= 11 is 5.95. The van der Waals surface area contributed by atoms with E-state index in [-0.39, 0.29) is 17.7 Å². The summed E-state index contributed by atoms with van der Waals surface area (Å²) in [5, 5.41) is 6.05. The van der Waals surface area contributed by atoms with E-state index in [4.69, 9.17) is 11.6 Å². The van der Waals surface area contributed by atoms with E-state index in [2.05, 4.69) is 20.6 Å².